The fraction of sp³-hybridized carbons (Fsp3) is 0.700. The van der Waals surface area contributed by atoms with Crippen LogP contribution in [0.2, 0.25) is 0 Å². The zero-order valence-electron chi connectivity index (χ0n) is 23.5. The van der Waals surface area contributed by atoms with E-state index in [1.807, 2.05) is 4.90 Å². The Bertz CT molecular complexity index is 939. The van der Waals surface area contributed by atoms with E-state index in [1.54, 1.807) is 24.3 Å². The second-order valence-electron chi connectivity index (χ2n) is 11.3. The molecular formula is C30H46FN3O5. The van der Waals surface area contributed by atoms with Crippen LogP contribution in [0.15, 0.2) is 24.3 Å². The van der Waals surface area contributed by atoms with Crippen molar-refractivity contribution >= 4 is 17.8 Å². The lowest BCUT2D eigenvalue weighted by Gasteiger charge is -2.39. The number of alkyl halides is 1. The van der Waals surface area contributed by atoms with Crippen molar-refractivity contribution in [1.29, 1.82) is 0 Å². The van der Waals surface area contributed by atoms with E-state index in [-0.39, 0.29) is 30.8 Å². The number of ether oxygens (including phenoxy) is 1. The van der Waals surface area contributed by atoms with Crippen molar-refractivity contribution in [2.45, 2.75) is 71.3 Å². The van der Waals surface area contributed by atoms with Crippen molar-refractivity contribution in [3.8, 4) is 5.75 Å². The minimum atomic E-state index is -1.04. The van der Waals surface area contributed by atoms with Crippen LogP contribution in [0, 0.1) is 23.7 Å². The van der Waals surface area contributed by atoms with Crippen LogP contribution in [-0.4, -0.2) is 67.3 Å². The average molecular weight is 548 g/mol. The lowest BCUT2D eigenvalue weighted by atomic mass is 9.82. The molecule has 1 aromatic rings. The second kappa shape index (κ2) is 15.8. The summed E-state index contributed by atoms with van der Waals surface area (Å²) in [5.74, 6) is 0.142. The van der Waals surface area contributed by atoms with Crippen molar-refractivity contribution in [3.63, 3.8) is 0 Å². The summed E-state index contributed by atoms with van der Waals surface area (Å²) in [5, 5.41) is 15.9. The molecule has 0 spiro atoms. The summed E-state index contributed by atoms with van der Waals surface area (Å²) in [6.07, 6.45) is 5.95. The number of carboxylic acids is 1. The Labute approximate surface area is 232 Å². The van der Waals surface area contributed by atoms with Crippen molar-refractivity contribution < 1.29 is 28.6 Å². The van der Waals surface area contributed by atoms with Gasteiger partial charge in [0.15, 0.2) is 0 Å². The highest BCUT2D eigenvalue weighted by atomic mass is 19.1. The molecule has 2 fully saturated rings. The quantitative estimate of drug-likeness (QED) is 0.320. The zero-order chi connectivity index (χ0) is 28.2. The Hall–Kier alpha value is -2.68. The molecular weight excluding hydrogens is 501 g/mol. The number of rotatable bonds is 14. The molecule has 0 aliphatic carbocycles. The molecule has 218 valence electrons. The van der Waals surface area contributed by atoms with Crippen molar-refractivity contribution in [2.75, 3.05) is 39.5 Å². The van der Waals surface area contributed by atoms with Crippen LogP contribution >= 0.6 is 0 Å². The third kappa shape index (κ3) is 10.1. The minimum Gasteiger partial charge on any atom is -0.491 e. The predicted octanol–water partition coefficient (Wildman–Crippen LogP) is 4.35. The number of hydrogen-bond acceptors (Lipinski definition) is 5. The lowest BCUT2D eigenvalue weighted by Crippen LogP contribution is -2.49. The first kappa shape index (κ1) is 30.9. The van der Waals surface area contributed by atoms with E-state index >= 15 is 0 Å². The number of carboxylic acid groups (broad SMARTS) is 1. The molecule has 3 N–H and O–H groups in total. The lowest BCUT2D eigenvalue weighted by molar-refractivity contribution is -0.138. The topological polar surface area (TPSA) is 108 Å². The number of nitrogens with one attached hydrogen (secondary N) is 2. The second-order valence-corrected chi connectivity index (χ2v) is 11.3. The minimum absolute atomic E-state index is 0.0967. The van der Waals surface area contributed by atoms with Gasteiger partial charge in [-0.25, -0.2) is 4.39 Å². The van der Waals surface area contributed by atoms with Gasteiger partial charge in [-0.05, 0) is 80.6 Å². The number of likely N-dealkylation sites (tertiary alicyclic amines) is 1. The van der Waals surface area contributed by atoms with E-state index in [0.717, 1.165) is 45.2 Å². The highest BCUT2D eigenvalue weighted by Gasteiger charge is 2.35. The van der Waals surface area contributed by atoms with Gasteiger partial charge in [-0.3, -0.25) is 14.4 Å². The van der Waals surface area contributed by atoms with Gasteiger partial charge in [0.25, 0.3) is 0 Å². The van der Waals surface area contributed by atoms with E-state index in [0.29, 0.717) is 49.1 Å². The highest BCUT2D eigenvalue weighted by Crippen LogP contribution is 2.31. The van der Waals surface area contributed by atoms with Gasteiger partial charge in [0.1, 0.15) is 19.0 Å². The molecule has 0 saturated carbocycles. The van der Waals surface area contributed by atoms with Gasteiger partial charge < -0.3 is 25.4 Å². The average Bonchev–Trinajstić information content (AvgIpc) is 2.94. The maximum Gasteiger partial charge on any atom is 0.305 e. The molecule has 0 radical (unpaired) electrons. The van der Waals surface area contributed by atoms with Crippen molar-refractivity contribution in [1.82, 2.24) is 15.5 Å². The van der Waals surface area contributed by atoms with E-state index in [4.69, 9.17) is 4.74 Å². The number of amides is 2. The maximum atomic E-state index is 13.6. The molecule has 0 aromatic heterocycles. The number of halogens is 1. The van der Waals surface area contributed by atoms with Gasteiger partial charge in [-0.1, -0.05) is 32.4 Å². The molecule has 4 atom stereocenters. The summed E-state index contributed by atoms with van der Waals surface area (Å²) < 4.78 is 17.9. The fourth-order valence-electron chi connectivity index (χ4n) is 5.85. The van der Waals surface area contributed by atoms with Gasteiger partial charge in [0.2, 0.25) is 11.8 Å². The first-order valence-electron chi connectivity index (χ1n) is 14.6. The highest BCUT2D eigenvalue weighted by molar-refractivity contribution is 5.82. The number of hydrogen-bond donors (Lipinski definition) is 3. The van der Waals surface area contributed by atoms with Gasteiger partial charge in [0, 0.05) is 19.5 Å². The Morgan fingerprint density at radius 3 is 2.67 bits per heavy atom. The smallest absolute Gasteiger partial charge is 0.305 e. The number of aliphatic carboxylic acids is 1. The normalized spacial score (nSPS) is 21.7. The Kier molecular flexibility index (Phi) is 12.5. The number of piperidine rings is 2. The summed E-state index contributed by atoms with van der Waals surface area (Å²) in [4.78, 5) is 40.4. The van der Waals surface area contributed by atoms with E-state index in [1.165, 1.54) is 0 Å². The van der Waals surface area contributed by atoms with E-state index < -0.39 is 24.6 Å². The van der Waals surface area contributed by atoms with Gasteiger partial charge in [-0.15, -0.1) is 0 Å². The summed E-state index contributed by atoms with van der Waals surface area (Å²) in [7, 11) is 0. The fourth-order valence-corrected chi connectivity index (χ4v) is 5.85. The molecule has 2 amide bonds. The van der Waals surface area contributed by atoms with Gasteiger partial charge >= 0.3 is 5.97 Å². The molecule has 2 aliphatic rings. The molecule has 39 heavy (non-hydrogen) atoms. The molecule has 2 aliphatic heterocycles. The Morgan fingerprint density at radius 1 is 1.21 bits per heavy atom. The number of carbonyl (C=O) groups is 3. The van der Waals surface area contributed by atoms with Crippen molar-refractivity contribution in [2.24, 2.45) is 23.7 Å². The van der Waals surface area contributed by atoms with Crippen LogP contribution in [0.4, 0.5) is 4.39 Å². The maximum absolute atomic E-state index is 13.6. The monoisotopic (exact) mass is 547 g/mol. The summed E-state index contributed by atoms with van der Waals surface area (Å²) in [6, 6.07) is 6.00. The molecule has 2 saturated heterocycles. The molecule has 2 heterocycles. The van der Waals surface area contributed by atoms with Gasteiger partial charge in [0.05, 0.1) is 18.4 Å². The molecule has 9 heteroatoms. The third-order valence-electron chi connectivity index (χ3n) is 8.22. The molecule has 8 nitrogen and oxygen atoms in total. The number of nitrogens with zero attached hydrogens (tertiary/aromatic N) is 1. The SMILES string of the molecule is CCC(C)CC1CC(C(=O)NC(CC(=O)O)c2cccc(OCCF)c2)CN(C(=O)CCC2CCNCC2)C1. The van der Waals surface area contributed by atoms with E-state index in [9.17, 15) is 23.9 Å². The molecule has 1 aromatic carbocycles. The third-order valence-corrected chi connectivity index (χ3v) is 8.22. The predicted molar refractivity (Wildman–Crippen MR) is 148 cm³/mol. The standard InChI is InChI=1S/C30H46FN3O5/c1-3-21(2)15-23-16-25(20-34(19-23)28(35)8-7-22-9-12-32-13-10-22)30(38)33-27(18-29(36)37)24-5-4-6-26(17-24)39-14-11-31/h4-6,17,21-23,25,27,32H,3,7-16,18-20H2,1-2H3,(H,33,38)(H,36,37). The van der Waals surface area contributed by atoms with Crippen LogP contribution in [0.3, 0.4) is 0 Å². The summed E-state index contributed by atoms with van der Waals surface area (Å²) in [5.41, 5.74) is 0.587. The van der Waals surface area contributed by atoms with Gasteiger partial charge in [-0.2, -0.15) is 0 Å². The molecule has 3 rings (SSSR count). The van der Waals surface area contributed by atoms with E-state index in [2.05, 4.69) is 24.5 Å². The van der Waals surface area contributed by atoms with Crippen LogP contribution < -0.4 is 15.4 Å². The first-order chi connectivity index (χ1) is 18.8. The molecule has 4 unspecified atom stereocenters. The molecule has 0 bridgehead atoms. The number of benzene rings is 1. The van der Waals surface area contributed by atoms with Crippen molar-refractivity contribution in [3.05, 3.63) is 29.8 Å². The van der Waals surface area contributed by atoms with Crippen LogP contribution in [0.5, 0.6) is 5.75 Å². The Balaban J connectivity index is 1.70. The zero-order valence-corrected chi connectivity index (χ0v) is 23.5. The largest absolute Gasteiger partial charge is 0.491 e. The Morgan fingerprint density at radius 2 is 1.97 bits per heavy atom. The first-order valence-corrected chi connectivity index (χ1v) is 14.6. The number of carbonyl (C=O) groups excluding carboxylic acids is 2. The summed E-state index contributed by atoms with van der Waals surface area (Å²) >= 11 is 0. The van der Waals surface area contributed by atoms with Crippen LogP contribution in [0.25, 0.3) is 0 Å². The van der Waals surface area contributed by atoms with Crippen LogP contribution in [0.1, 0.15) is 76.8 Å². The van der Waals surface area contributed by atoms with Crippen LogP contribution in [-0.2, 0) is 14.4 Å². The summed E-state index contributed by atoms with van der Waals surface area (Å²) in [6.45, 7) is 6.66.